The van der Waals surface area contributed by atoms with Crippen LogP contribution < -0.4 is 4.58 Å². The van der Waals surface area contributed by atoms with Crippen LogP contribution in [-0.4, -0.2) is 6.47 Å². The summed E-state index contributed by atoms with van der Waals surface area (Å²) < 4.78 is 37.2. The van der Waals surface area contributed by atoms with Crippen molar-refractivity contribution < 1.29 is 22.8 Å². The number of anilines is 1. The van der Waals surface area contributed by atoms with Crippen molar-refractivity contribution in [2.75, 3.05) is 4.58 Å². The highest BCUT2D eigenvalue weighted by atomic mass is 35.5. The lowest BCUT2D eigenvalue weighted by atomic mass is 10.2. The molecule has 0 saturated heterocycles. The molecule has 0 N–H and O–H groups in total. The van der Waals surface area contributed by atoms with Gasteiger partial charge in [-0.3, -0.25) is 4.79 Å². The first-order valence-corrected chi connectivity index (χ1v) is 4.02. The zero-order valence-corrected chi connectivity index (χ0v) is 7.92. The highest BCUT2D eigenvalue weighted by Gasteiger charge is 2.30. The predicted molar refractivity (Wildman–Crippen MR) is 46.9 cm³/mol. The van der Waals surface area contributed by atoms with Crippen molar-refractivity contribution in [3.63, 3.8) is 0 Å². The maximum atomic E-state index is 12.2. The number of carbonyl (C=O) groups excluding carboxylic acids is 1. The Morgan fingerprint density at radius 1 is 1.40 bits per heavy atom. The molecule has 1 rings (SSSR count). The quantitative estimate of drug-likeness (QED) is 0.461. The van der Waals surface area contributed by atoms with Gasteiger partial charge in [0.15, 0.2) is 0 Å². The number of hydrogen-bond acceptors (Lipinski definition) is 3. The Labute approximate surface area is 88.1 Å². The molecule has 0 unspecified atom stereocenters. The third kappa shape index (κ3) is 3.02. The van der Waals surface area contributed by atoms with Crippen LogP contribution in [0.25, 0.3) is 0 Å². The van der Waals surface area contributed by atoms with Crippen molar-refractivity contribution >= 4 is 23.9 Å². The van der Waals surface area contributed by atoms with Gasteiger partial charge in [-0.1, -0.05) is 6.07 Å². The van der Waals surface area contributed by atoms with Gasteiger partial charge in [-0.2, -0.15) is 13.2 Å². The molecule has 3 nitrogen and oxygen atoms in total. The fourth-order valence-electron chi connectivity index (χ4n) is 0.890. The second kappa shape index (κ2) is 4.39. The molecule has 0 aliphatic carbocycles. The monoisotopic (exact) mass is 239 g/mol. The maximum absolute atomic E-state index is 12.2. The van der Waals surface area contributed by atoms with Crippen LogP contribution >= 0.6 is 11.8 Å². The van der Waals surface area contributed by atoms with Crippen LogP contribution in [0.3, 0.4) is 0 Å². The Kier molecular flexibility index (Phi) is 3.41. The Bertz CT molecular complexity index is 356. The summed E-state index contributed by atoms with van der Waals surface area (Å²) in [5, 5.41) is 0. The number of alkyl halides is 3. The van der Waals surface area contributed by atoms with Crippen LogP contribution in [0, 0.1) is 0 Å². The van der Waals surface area contributed by atoms with E-state index in [9.17, 15) is 18.0 Å². The standard InChI is InChI=1S/C8H5ClF3NO2/c9-13(15-5-14)7-3-1-2-6(4-7)8(10,11)12/h1-5H. The van der Waals surface area contributed by atoms with Crippen LogP contribution in [0.2, 0.25) is 0 Å². The molecule has 0 heterocycles. The van der Waals surface area contributed by atoms with Crippen LogP contribution in [-0.2, 0) is 15.8 Å². The van der Waals surface area contributed by atoms with Crippen LogP contribution in [0.15, 0.2) is 24.3 Å². The van der Waals surface area contributed by atoms with Gasteiger partial charge in [0, 0.05) is 0 Å². The van der Waals surface area contributed by atoms with E-state index in [0.717, 1.165) is 18.2 Å². The van der Waals surface area contributed by atoms with Gasteiger partial charge >= 0.3 is 12.6 Å². The lowest BCUT2D eigenvalue weighted by Gasteiger charge is -2.13. The zero-order chi connectivity index (χ0) is 11.5. The molecular formula is C8H5ClF3NO2. The summed E-state index contributed by atoms with van der Waals surface area (Å²) in [4.78, 5) is 14.0. The van der Waals surface area contributed by atoms with Gasteiger partial charge in [0.1, 0.15) is 0 Å². The van der Waals surface area contributed by atoms with Gasteiger partial charge in [-0.25, -0.2) is 0 Å². The van der Waals surface area contributed by atoms with Gasteiger partial charge in [-0.05, 0) is 18.2 Å². The third-order valence-electron chi connectivity index (χ3n) is 1.51. The zero-order valence-electron chi connectivity index (χ0n) is 7.16. The van der Waals surface area contributed by atoms with E-state index in [0.29, 0.717) is 4.58 Å². The van der Waals surface area contributed by atoms with Gasteiger partial charge in [0.2, 0.25) is 0 Å². The van der Waals surface area contributed by atoms with E-state index >= 15 is 0 Å². The summed E-state index contributed by atoms with van der Waals surface area (Å²) in [7, 11) is 0. The molecule has 0 fully saturated rings. The predicted octanol–water partition coefficient (Wildman–Crippen LogP) is 2.75. The minimum atomic E-state index is -4.46. The summed E-state index contributed by atoms with van der Waals surface area (Å²) in [5.41, 5.74) is -0.959. The summed E-state index contributed by atoms with van der Waals surface area (Å²) in [6.07, 6.45) is -4.46. The highest BCUT2D eigenvalue weighted by Crippen LogP contribution is 2.31. The summed E-state index contributed by atoms with van der Waals surface area (Å²) in [5.74, 6) is 0. The number of carbonyl (C=O) groups is 1. The van der Waals surface area contributed by atoms with Crippen molar-refractivity contribution in [3.05, 3.63) is 29.8 Å². The van der Waals surface area contributed by atoms with Gasteiger partial charge in [-0.15, -0.1) is 4.58 Å². The topological polar surface area (TPSA) is 29.5 Å². The SMILES string of the molecule is O=CON(Cl)c1cccc(C(F)(F)F)c1. The Balaban J connectivity index is 2.97. The fourth-order valence-corrected chi connectivity index (χ4v) is 1.03. The number of hydrogen-bond donors (Lipinski definition) is 0. The molecule has 0 amide bonds. The molecule has 7 heteroatoms. The van der Waals surface area contributed by atoms with Crippen LogP contribution in [0.4, 0.5) is 18.9 Å². The van der Waals surface area contributed by atoms with Crippen LogP contribution in [0.1, 0.15) is 5.56 Å². The first-order chi connectivity index (χ1) is 6.95. The normalized spacial score (nSPS) is 10.9. The lowest BCUT2D eigenvalue weighted by molar-refractivity contribution is -0.137. The first kappa shape index (κ1) is 11.6. The highest BCUT2D eigenvalue weighted by molar-refractivity contribution is 6.24. The largest absolute Gasteiger partial charge is 0.416 e. The molecule has 0 aromatic heterocycles. The van der Waals surface area contributed by atoms with E-state index in [1.807, 2.05) is 0 Å². The minimum absolute atomic E-state index is 0.00720. The number of nitrogens with zero attached hydrogens (tertiary/aromatic N) is 1. The van der Waals surface area contributed by atoms with E-state index in [2.05, 4.69) is 4.84 Å². The molecule has 0 atom stereocenters. The average molecular weight is 240 g/mol. The van der Waals surface area contributed by atoms with E-state index in [4.69, 9.17) is 11.8 Å². The van der Waals surface area contributed by atoms with Crippen LogP contribution in [0.5, 0.6) is 0 Å². The minimum Gasteiger partial charge on any atom is -0.328 e. The van der Waals surface area contributed by atoms with Crippen molar-refractivity contribution in [2.45, 2.75) is 6.18 Å². The lowest BCUT2D eigenvalue weighted by Crippen LogP contribution is -2.11. The average Bonchev–Trinajstić information content (AvgIpc) is 2.17. The van der Waals surface area contributed by atoms with E-state index in [1.54, 1.807) is 0 Å². The maximum Gasteiger partial charge on any atom is 0.416 e. The summed E-state index contributed by atoms with van der Waals surface area (Å²) in [6.45, 7) is 0.00720. The molecule has 1 aromatic carbocycles. The molecule has 82 valence electrons. The van der Waals surface area contributed by atoms with Crippen molar-refractivity contribution in [1.29, 1.82) is 0 Å². The molecule has 0 bridgehead atoms. The molecule has 0 radical (unpaired) electrons. The molecular weight excluding hydrogens is 235 g/mol. The first-order valence-electron chi connectivity index (χ1n) is 3.68. The third-order valence-corrected chi connectivity index (χ3v) is 1.79. The molecule has 15 heavy (non-hydrogen) atoms. The molecule has 0 saturated carbocycles. The van der Waals surface area contributed by atoms with E-state index in [-0.39, 0.29) is 12.2 Å². The van der Waals surface area contributed by atoms with Gasteiger partial charge < -0.3 is 4.84 Å². The van der Waals surface area contributed by atoms with Crippen molar-refractivity contribution in [1.82, 2.24) is 0 Å². The number of benzene rings is 1. The second-order valence-corrected chi connectivity index (χ2v) is 2.80. The number of halogens is 4. The van der Waals surface area contributed by atoms with Gasteiger partial charge in [0.05, 0.1) is 23.0 Å². The fraction of sp³-hybridized carbons (Fsp3) is 0.125. The Morgan fingerprint density at radius 3 is 2.60 bits per heavy atom. The van der Waals surface area contributed by atoms with Gasteiger partial charge in [0.25, 0.3) is 0 Å². The van der Waals surface area contributed by atoms with Crippen molar-refractivity contribution in [3.8, 4) is 0 Å². The smallest absolute Gasteiger partial charge is 0.328 e. The number of rotatable bonds is 3. The van der Waals surface area contributed by atoms with Crippen molar-refractivity contribution in [2.24, 2.45) is 0 Å². The molecule has 0 spiro atoms. The summed E-state index contributed by atoms with van der Waals surface area (Å²) in [6, 6.07) is 4.07. The summed E-state index contributed by atoms with van der Waals surface area (Å²) >= 11 is 5.34. The van der Waals surface area contributed by atoms with E-state index in [1.165, 1.54) is 6.07 Å². The second-order valence-electron chi connectivity index (χ2n) is 2.49. The molecule has 0 aliphatic rings. The molecule has 0 aliphatic heterocycles. The Hall–Kier alpha value is -1.43. The molecule has 1 aromatic rings. The Morgan fingerprint density at radius 2 is 2.07 bits per heavy atom. The van der Waals surface area contributed by atoms with E-state index < -0.39 is 11.7 Å².